The Morgan fingerprint density at radius 3 is 2.28 bits per heavy atom. The van der Waals surface area contributed by atoms with Gasteiger partial charge in [-0.25, -0.2) is 4.79 Å². The summed E-state index contributed by atoms with van der Waals surface area (Å²) in [7, 11) is 0. The van der Waals surface area contributed by atoms with Gasteiger partial charge >= 0.3 is 6.03 Å². The lowest BCUT2D eigenvalue weighted by atomic mass is 10.2. The Balaban J connectivity index is 1.34. The molecule has 0 saturated carbocycles. The second kappa shape index (κ2) is 7.63. The summed E-state index contributed by atoms with van der Waals surface area (Å²) in [6.45, 7) is 1.54. The maximum absolute atomic E-state index is 12.7. The van der Waals surface area contributed by atoms with Crippen molar-refractivity contribution in [1.82, 2.24) is 9.80 Å². The van der Waals surface area contributed by atoms with Crippen LogP contribution in [-0.4, -0.2) is 52.8 Å². The molecule has 3 aromatic rings. The number of piperazine rings is 1. The van der Waals surface area contributed by atoms with Crippen molar-refractivity contribution in [3.8, 4) is 0 Å². The van der Waals surface area contributed by atoms with E-state index in [-0.39, 0.29) is 23.4 Å². The van der Waals surface area contributed by atoms with E-state index >= 15 is 0 Å². The standard InChI is InChI=1S/C20H18N4O5/c25-19(18-13-14-3-1-2-4-17(14)29-18)22-9-11-23(12-10-22)20(26)21-15-5-7-16(8-6-15)24(27)28/h1-8,13H,9-12H2,(H,21,26). The predicted octanol–water partition coefficient (Wildman–Crippen LogP) is 3.33. The van der Waals surface area contributed by atoms with Crippen LogP contribution in [0, 0.1) is 10.1 Å². The van der Waals surface area contributed by atoms with E-state index in [0.717, 1.165) is 5.39 Å². The fourth-order valence-electron chi connectivity index (χ4n) is 3.22. The van der Waals surface area contributed by atoms with Crippen molar-refractivity contribution in [3.63, 3.8) is 0 Å². The summed E-state index contributed by atoms with van der Waals surface area (Å²) < 4.78 is 5.63. The molecule has 148 valence electrons. The number of fused-ring (bicyclic) bond motifs is 1. The number of amides is 3. The lowest BCUT2D eigenvalue weighted by Crippen LogP contribution is -2.51. The SMILES string of the molecule is O=C(Nc1ccc([N+](=O)[O-])cc1)N1CCN(C(=O)c2cc3ccccc3o2)CC1. The number of hydrogen-bond donors (Lipinski definition) is 1. The van der Waals surface area contributed by atoms with E-state index in [4.69, 9.17) is 4.42 Å². The molecule has 9 nitrogen and oxygen atoms in total. The summed E-state index contributed by atoms with van der Waals surface area (Å²) in [4.78, 5) is 38.5. The molecule has 9 heteroatoms. The summed E-state index contributed by atoms with van der Waals surface area (Å²) in [6, 6.07) is 14.5. The van der Waals surface area contributed by atoms with Gasteiger partial charge in [-0.3, -0.25) is 14.9 Å². The van der Waals surface area contributed by atoms with Crippen molar-refractivity contribution < 1.29 is 18.9 Å². The van der Waals surface area contributed by atoms with Crippen molar-refractivity contribution in [2.75, 3.05) is 31.5 Å². The van der Waals surface area contributed by atoms with Crippen LogP contribution in [0.1, 0.15) is 10.6 Å². The fraction of sp³-hybridized carbons (Fsp3) is 0.200. The van der Waals surface area contributed by atoms with Crippen molar-refractivity contribution in [3.05, 3.63) is 70.5 Å². The van der Waals surface area contributed by atoms with E-state index in [1.807, 2.05) is 24.3 Å². The Labute approximate surface area is 165 Å². The molecule has 0 spiro atoms. The molecule has 3 amide bonds. The summed E-state index contributed by atoms with van der Waals surface area (Å²) in [6.07, 6.45) is 0. The molecular weight excluding hydrogens is 376 g/mol. The van der Waals surface area contributed by atoms with E-state index < -0.39 is 4.92 Å². The van der Waals surface area contributed by atoms with Gasteiger partial charge in [-0.2, -0.15) is 0 Å². The molecule has 0 aliphatic carbocycles. The van der Waals surface area contributed by atoms with E-state index in [2.05, 4.69) is 5.32 Å². The summed E-state index contributed by atoms with van der Waals surface area (Å²) >= 11 is 0. The Hall–Kier alpha value is -3.88. The Bertz CT molecular complexity index is 1030. The van der Waals surface area contributed by atoms with Gasteiger partial charge in [-0.05, 0) is 24.3 Å². The van der Waals surface area contributed by atoms with Crippen LogP contribution in [-0.2, 0) is 0 Å². The van der Waals surface area contributed by atoms with Crippen molar-refractivity contribution in [2.24, 2.45) is 0 Å². The Kier molecular flexibility index (Phi) is 4.86. The lowest BCUT2D eigenvalue weighted by Gasteiger charge is -2.34. The number of carbonyl (C=O) groups excluding carboxylic acids is 2. The number of para-hydroxylation sites is 1. The van der Waals surface area contributed by atoms with Crippen LogP contribution in [0.3, 0.4) is 0 Å². The minimum atomic E-state index is -0.496. The number of anilines is 1. The highest BCUT2D eigenvalue weighted by molar-refractivity contribution is 5.96. The Morgan fingerprint density at radius 2 is 1.62 bits per heavy atom. The molecule has 2 heterocycles. The highest BCUT2D eigenvalue weighted by atomic mass is 16.6. The number of furan rings is 1. The van der Waals surface area contributed by atoms with Crippen LogP contribution in [0.2, 0.25) is 0 Å². The Morgan fingerprint density at radius 1 is 0.966 bits per heavy atom. The number of benzene rings is 2. The number of hydrogen-bond acceptors (Lipinski definition) is 5. The van der Waals surface area contributed by atoms with E-state index in [1.54, 1.807) is 15.9 Å². The smallest absolute Gasteiger partial charge is 0.321 e. The number of carbonyl (C=O) groups is 2. The molecule has 1 fully saturated rings. The number of rotatable bonds is 3. The van der Waals surface area contributed by atoms with Gasteiger partial charge in [-0.1, -0.05) is 18.2 Å². The van der Waals surface area contributed by atoms with Crippen LogP contribution in [0.15, 0.2) is 59.0 Å². The molecule has 0 atom stereocenters. The number of nitro benzene ring substituents is 1. The number of non-ortho nitro benzene ring substituents is 1. The summed E-state index contributed by atoms with van der Waals surface area (Å²) in [5, 5.41) is 14.3. The first-order valence-corrected chi connectivity index (χ1v) is 9.09. The monoisotopic (exact) mass is 394 g/mol. The topological polar surface area (TPSA) is 109 Å². The largest absolute Gasteiger partial charge is 0.451 e. The molecule has 1 aliphatic rings. The molecule has 0 bridgehead atoms. The van der Waals surface area contributed by atoms with Gasteiger partial charge in [0.1, 0.15) is 5.58 Å². The van der Waals surface area contributed by atoms with Crippen LogP contribution in [0.4, 0.5) is 16.2 Å². The van der Waals surface area contributed by atoms with E-state index in [1.165, 1.54) is 24.3 Å². The molecular formula is C20H18N4O5. The van der Waals surface area contributed by atoms with Gasteiger partial charge in [0, 0.05) is 49.4 Å². The van der Waals surface area contributed by atoms with Crippen LogP contribution in [0.5, 0.6) is 0 Å². The van der Waals surface area contributed by atoms with Crippen LogP contribution >= 0.6 is 0 Å². The second-order valence-corrected chi connectivity index (χ2v) is 6.66. The average molecular weight is 394 g/mol. The minimum absolute atomic E-state index is 0.0410. The zero-order valence-electron chi connectivity index (χ0n) is 15.4. The van der Waals surface area contributed by atoms with E-state index in [0.29, 0.717) is 37.4 Å². The molecule has 1 aromatic heterocycles. The van der Waals surface area contributed by atoms with E-state index in [9.17, 15) is 19.7 Å². The minimum Gasteiger partial charge on any atom is -0.451 e. The van der Waals surface area contributed by atoms with Gasteiger partial charge in [-0.15, -0.1) is 0 Å². The van der Waals surface area contributed by atoms with Crippen molar-refractivity contribution in [2.45, 2.75) is 0 Å². The maximum Gasteiger partial charge on any atom is 0.321 e. The number of nitro groups is 1. The van der Waals surface area contributed by atoms with Gasteiger partial charge in [0.2, 0.25) is 0 Å². The highest BCUT2D eigenvalue weighted by Gasteiger charge is 2.26. The van der Waals surface area contributed by atoms with Crippen molar-refractivity contribution >= 4 is 34.3 Å². The molecule has 1 N–H and O–H groups in total. The van der Waals surface area contributed by atoms with Gasteiger partial charge < -0.3 is 19.5 Å². The third-order valence-electron chi connectivity index (χ3n) is 4.82. The zero-order chi connectivity index (χ0) is 20.4. The number of urea groups is 1. The van der Waals surface area contributed by atoms with Gasteiger partial charge in [0.05, 0.1) is 4.92 Å². The number of nitrogens with zero attached hydrogens (tertiary/aromatic N) is 3. The molecule has 1 aliphatic heterocycles. The normalized spacial score (nSPS) is 14.1. The molecule has 0 unspecified atom stereocenters. The zero-order valence-corrected chi connectivity index (χ0v) is 15.4. The first-order chi connectivity index (χ1) is 14.0. The average Bonchev–Trinajstić information content (AvgIpc) is 3.18. The molecule has 1 saturated heterocycles. The molecule has 0 radical (unpaired) electrons. The maximum atomic E-state index is 12.7. The van der Waals surface area contributed by atoms with Gasteiger partial charge in [0.25, 0.3) is 11.6 Å². The third-order valence-corrected chi connectivity index (χ3v) is 4.82. The molecule has 2 aromatic carbocycles. The first kappa shape index (κ1) is 18.5. The number of nitrogens with one attached hydrogen (secondary N) is 1. The van der Waals surface area contributed by atoms with Crippen LogP contribution < -0.4 is 5.32 Å². The predicted molar refractivity (Wildman–Crippen MR) is 106 cm³/mol. The van der Waals surface area contributed by atoms with Crippen LogP contribution in [0.25, 0.3) is 11.0 Å². The quantitative estimate of drug-likeness (QED) is 0.541. The fourth-order valence-corrected chi connectivity index (χ4v) is 3.22. The summed E-state index contributed by atoms with van der Waals surface area (Å²) in [5.41, 5.74) is 1.10. The van der Waals surface area contributed by atoms with Gasteiger partial charge in [0.15, 0.2) is 5.76 Å². The highest BCUT2D eigenvalue weighted by Crippen LogP contribution is 2.21. The molecule has 4 rings (SSSR count). The molecule has 29 heavy (non-hydrogen) atoms. The third kappa shape index (κ3) is 3.88. The summed E-state index contributed by atoms with van der Waals surface area (Å²) in [5.74, 6) is 0.0895. The first-order valence-electron chi connectivity index (χ1n) is 9.09. The lowest BCUT2D eigenvalue weighted by molar-refractivity contribution is -0.384. The second-order valence-electron chi connectivity index (χ2n) is 6.66. The van der Waals surface area contributed by atoms with Crippen molar-refractivity contribution in [1.29, 1.82) is 0 Å².